The molecule has 0 aromatic carbocycles. The second-order valence-corrected chi connectivity index (χ2v) is 4.56. The lowest BCUT2D eigenvalue weighted by atomic mass is 10.1. The van der Waals surface area contributed by atoms with E-state index in [0.29, 0.717) is 6.54 Å². The fourth-order valence-electron chi connectivity index (χ4n) is 1.81. The fourth-order valence-corrected chi connectivity index (χ4v) is 1.81. The van der Waals surface area contributed by atoms with Gasteiger partial charge in [-0.25, -0.2) is 0 Å². The van der Waals surface area contributed by atoms with E-state index in [9.17, 15) is 4.79 Å². The molecule has 1 amide bonds. The highest BCUT2D eigenvalue weighted by molar-refractivity contribution is 5.78. The minimum Gasteiger partial charge on any atom is -0.355 e. The van der Waals surface area contributed by atoms with Crippen LogP contribution < -0.4 is 11.1 Å². The van der Waals surface area contributed by atoms with E-state index in [2.05, 4.69) is 24.1 Å². The summed E-state index contributed by atoms with van der Waals surface area (Å²) in [6.07, 6.45) is 2.97. The molecule has 0 spiro atoms. The standard InChI is InChI=1S/C13H29N3O/c1-4-10-16(5-2)11-9-15-13(17)12(3)7-6-8-14/h12H,4-11,14H2,1-3H3,(H,15,17). The van der Waals surface area contributed by atoms with E-state index >= 15 is 0 Å². The molecular weight excluding hydrogens is 214 g/mol. The molecule has 1 atom stereocenters. The van der Waals surface area contributed by atoms with Gasteiger partial charge in [-0.05, 0) is 38.9 Å². The van der Waals surface area contributed by atoms with Crippen molar-refractivity contribution in [1.82, 2.24) is 10.2 Å². The highest BCUT2D eigenvalue weighted by Crippen LogP contribution is 2.04. The largest absolute Gasteiger partial charge is 0.355 e. The van der Waals surface area contributed by atoms with Gasteiger partial charge in [-0.3, -0.25) is 4.79 Å². The van der Waals surface area contributed by atoms with Gasteiger partial charge in [0.05, 0.1) is 0 Å². The smallest absolute Gasteiger partial charge is 0.222 e. The summed E-state index contributed by atoms with van der Waals surface area (Å²) in [4.78, 5) is 14.1. The molecule has 0 aliphatic rings. The molecule has 0 bridgehead atoms. The molecule has 0 rings (SSSR count). The van der Waals surface area contributed by atoms with Crippen LogP contribution in [0.4, 0.5) is 0 Å². The maximum atomic E-state index is 11.7. The summed E-state index contributed by atoms with van der Waals surface area (Å²) in [6.45, 7) is 10.8. The fraction of sp³-hybridized carbons (Fsp3) is 0.923. The summed E-state index contributed by atoms with van der Waals surface area (Å²) < 4.78 is 0. The molecule has 17 heavy (non-hydrogen) atoms. The molecule has 4 nitrogen and oxygen atoms in total. The third-order valence-corrected chi connectivity index (χ3v) is 3.00. The monoisotopic (exact) mass is 243 g/mol. The van der Waals surface area contributed by atoms with E-state index in [0.717, 1.165) is 45.4 Å². The molecule has 0 aliphatic carbocycles. The summed E-state index contributed by atoms with van der Waals surface area (Å²) in [5, 5.41) is 2.99. The van der Waals surface area contributed by atoms with Crippen LogP contribution in [-0.4, -0.2) is 43.5 Å². The zero-order chi connectivity index (χ0) is 13.1. The molecular formula is C13H29N3O. The second-order valence-electron chi connectivity index (χ2n) is 4.56. The van der Waals surface area contributed by atoms with Crippen LogP contribution in [0.5, 0.6) is 0 Å². The van der Waals surface area contributed by atoms with Crippen LogP contribution in [0.3, 0.4) is 0 Å². The van der Waals surface area contributed by atoms with Crippen LogP contribution in [0.1, 0.15) is 40.0 Å². The molecule has 3 N–H and O–H groups in total. The average Bonchev–Trinajstić information content (AvgIpc) is 2.34. The van der Waals surface area contributed by atoms with Crippen molar-refractivity contribution < 1.29 is 4.79 Å². The first kappa shape index (κ1) is 16.4. The van der Waals surface area contributed by atoms with Crippen molar-refractivity contribution in [3.05, 3.63) is 0 Å². The zero-order valence-corrected chi connectivity index (χ0v) is 11.7. The SMILES string of the molecule is CCCN(CC)CCNC(=O)C(C)CCCN. The Hall–Kier alpha value is -0.610. The van der Waals surface area contributed by atoms with Crippen LogP contribution in [0, 0.1) is 5.92 Å². The van der Waals surface area contributed by atoms with Gasteiger partial charge in [-0.15, -0.1) is 0 Å². The lowest BCUT2D eigenvalue weighted by molar-refractivity contribution is -0.124. The Balaban J connectivity index is 3.68. The Labute approximate surface area is 106 Å². The van der Waals surface area contributed by atoms with Gasteiger partial charge in [-0.1, -0.05) is 20.8 Å². The first-order chi connectivity index (χ1) is 8.15. The lowest BCUT2D eigenvalue weighted by Crippen LogP contribution is -2.37. The van der Waals surface area contributed by atoms with Gasteiger partial charge < -0.3 is 16.0 Å². The Kier molecular flexibility index (Phi) is 10.2. The van der Waals surface area contributed by atoms with Gasteiger partial charge in [0.15, 0.2) is 0 Å². The molecule has 102 valence electrons. The normalized spacial score (nSPS) is 12.8. The summed E-state index contributed by atoms with van der Waals surface area (Å²) in [6, 6.07) is 0. The van der Waals surface area contributed by atoms with Crippen molar-refractivity contribution in [2.45, 2.75) is 40.0 Å². The van der Waals surface area contributed by atoms with Crippen molar-refractivity contribution in [3.63, 3.8) is 0 Å². The molecule has 0 radical (unpaired) electrons. The Morgan fingerprint density at radius 1 is 1.35 bits per heavy atom. The summed E-state index contributed by atoms with van der Waals surface area (Å²) in [5.41, 5.74) is 5.43. The highest BCUT2D eigenvalue weighted by Gasteiger charge is 2.11. The zero-order valence-electron chi connectivity index (χ0n) is 11.7. The second kappa shape index (κ2) is 10.5. The Bertz CT molecular complexity index is 197. The first-order valence-corrected chi connectivity index (χ1v) is 6.85. The minimum absolute atomic E-state index is 0.0831. The number of nitrogens with one attached hydrogen (secondary N) is 1. The molecule has 0 aromatic heterocycles. The van der Waals surface area contributed by atoms with Gasteiger partial charge in [0, 0.05) is 19.0 Å². The minimum atomic E-state index is 0.0831. The van der Waals surface area contributed by atoms with Crippen molar-refractivity contribution in [2.75, 3.05) is 32.7 Å². The van der Waals surface area contributed by atoms with Gasteiger partial charge in [0.2, 0.25) is 5.91 Å². The van der Waals surface area contributed by atoms with Crippen molar-refractivity contribution in [1.29, 1.82) is 0 Å². The van der Waals surface area contributed by atoms with E-state index in [1.165, 1.54) is 0 Å². The van der Waals surface area contributed by atoms with E-state index in [4.69, 9.17) is 5.73 Å². The number of rotatable bonds is 10. The number of carbonyl (C=O) groups excluding carboxylic acids is 1. The number of carbonyl (C=O) groups is 1. The lowest BCUT2D eigenvalue weighted by Gasteiger charge is -2.20. The molecule has 0 aromatic rings. The molecule has 1 unspecified atom stereocenters. The van der Waals surface area contributed by atoms with Crippen LogP contribution in [0.15, 0.2) is 0 Å². The Morgan fingerprint density at radius 2 is 2.06 bits per heavy atom. The summed E-state index contributed by atoms with van der Waals surface area (Å²) in [7, 11) is 0. The van der Waals surface area contributed by atoms with Gasteiger partial charge >= 0.3 is 0 Å². The van der Waals surface area contributed by atoms with Crippen LogP contribution in [0.2, 0.25) is 0 Å². The van der Waals surface area contributed by atoms with Crippen molar-refractivity contribution in [2.24, 2.45) is 11.7 Å². The molecule has 0 aliphatic heterocycles. The van der Waals surface area contributed by atoms with E-state index in [1.54, 1.807) is 0 Å². The van der Waals surface area contributed by atoms with Crippen molar-refractivity contribution in [3.8, 4) is 0 Å². The number of hydrogen-bond donors (Lipinski definition) is 2. The van der Waals surface area contributed by atoms with Crippen LogP contribution >= 0.6 is 0 Å². The van der Waals surface area contributed by atoms with E-state index < -0.39 is 0 Å². The third kappa shape index (κ3) is 8.16. The van der Waals surface area contributed by atoms with Crippen molar-refractivity contribution >= 4 is 5.91 Å². The number of nitrogens with zero attached hydrogens (tertiary/aromatic N) is 1. The molecule has 4 heteroatoms. The molecule has 0 heterocycles. The maximum Gasteiger partial charge on any atom is 0.222 e. The number of nitrogens with two attached hydrogens (primary N) is 1. The highest BCUT2D eigenvalue weighted by atomic mass is 16.1. The maximum absolute atomic E-state index is 11.7. The molecule has 0 fully saturated rings. The van der Waals surface area contributed by atoms with E-state index in [-0.39, 0.29) is 11.8 Å². The van der Waals surface area contributed by atoms with Gasteiger partial charge in [-0.2, -0.15) is 0 Å². The van der Waals surface area contributed by atoms with Gasteiger partial charge in [0.1, 0.15) is 0 Å². The predicted molar refractivity (Wildman–Crippen MR) is 72.9 cm³/mol. The number of amides is 1. The van der Waals surface area contributed by atoms with Crippen LogP contribution in [0.25, 0.3) is 0 Å². The number of hydrogen-bond acceptors (Lipinski definition) is 3. The van der Waals surface area contributed by atoms with Gasteiger partial charge in [0.25, 0.3) is 0 Å². The topological polar surface area (TPSA) is 58.4 Å². The molecule has 0 saturated heterocycles. The average molecular weight is 243 g/mol. The van der Waals surface area contributed by atoms with E-state index in [1.807, 2.05) is 6.92 Å². The summed E-state index contributed by atoms with van der Waals surface area (Å²) in [5.74, 6) is 0.241. The number of likely N-dealkylation sites (N-methyl/N-ethyl adjacent to an activating group) is 1. The van der Waals surface area contributed by atoms with Crippen LogP contribution in [-0.2, 0) is 4.79 Å². The first-order valence-electron chi connectivity index (χ1n) is 6.85. The summed E-state index contributed by atoms with van der Waals surface area (Å²) >= 11 is 0. The molecule has 0 saturated carbocycles. The quantitative estimate of drug-likeness (QED) is 0.606. The Morgan fingerprint density at radius 3 is 2.59 bits per heavy atom. The third-order valence-electron chi connectivity index (χ3n) is 3.00. The predicted octanol–water partition coefficient (Wildman–Crippen LogP) is 1.21.